The summed E-state index contributed by atoms with van der Waals surface area (Å²) in [7, 11) is -1.65. The molecule has 24 heavy (non-hydrogen) atoms. The Labute approximate surface area is 145 Å². The van der Waals surface area contributed by atoms with Gasteiger partial charge in [0, 0.05) is 30.1 Å². The number of rotatable bonds is 4. The predicted octanol–water partition coefficient (Wildman–Crippen LogP) is 2.83. The normalized spacial score (nSPS) is 17.9. The SMILES string of the molecule is CN1Cc2cc(-c3ccc(S(=O)(=O)NC4CCC4)s3)ccc2C1=O. The lowest BCUT2D eigenvalue weighted by Gasteiger charge is -2.25. The molecule has 2 aliphatic rings. The smallest absolute Gasteiger partial charge is 0.254 e. The number of sulfonamides is 1. The average Bonchev–Trinajstić information content (AvgIpc) is 3.10. The van der Waals surface area contributed by atoms with Crippen molar-refractivity contribution in [3.63, 3.8) is 0 Å². The summed E-state index contributed by atoms with van der Waals surface area (Å²) >= 11 is 1.27. The predicted molar refractivity (Wildman–Crippen MR) is 93.5 cm³/mol. The molecule has 4 rings (SSSR count). The third-order valence-electron chi connectivity index (χ3n) is 4.65. The Morgan fingerprint density at radius 2 is 2.00 bits per heavy atom. The van der Waals surface area contributed by atoms with Crippen LogP contribution in [0.2, 0.25) is 0 Å². The Morgan fingerprint density at radius 3 is 2.71 bits per heavy atom. The Kier molecular flexibility index (Phi) is 3.74. The summed E-state index contributed by atoms with van der Waals surface area (Å²) in [6.45, 7) is 0.599. The number of carbonyl (C=O) groups excluding carboxylic acids is 1. The van der Waals surface area contributed by atoms with E-state index < -0.39 is 10.0 Å². The maximum Gasteiger partial charge on any atom is 0.254 e. The van der Waals surface area contributed by atoms with Crippen molar-refractivity contribution < 1.29 is 13.2 Å². The summed E-state index contributed by atoms with van der Waals surface area (Å²) in [5.41, 5.74) is 2.68. The summed E-state index contributed by atoms with van der Waals surface area (Å²) in [5, 5.41) is 0. The van der Waals surface area contributed by atoms with E-state index in [1.54, 1.807) is 18.0 Å². The third kappa shape index (κ3) is 2.66. The Bertz CT molecular complexity index is 914. The molecule has 2 heterocycles. The van der Waals surface area contributed by atoms with Crippen LogP contribution in [-0.4, -0.2) is 32.3 Å². The number of benzene rings is 1. The number of hydrogen-bond donors (Lipinski definition) is 1. The number of carbonyl (C=O) groups is 1. The van der Waals surface area contributed by atoms with Crippen LogP contribution in [0.25, 0.3) is 10.4 Å². The van der Waals surface area contributed by atoms with Gasteiger partial charge in [-0.05, 0) is 48.2 Å². The first kappa shape index (κ1) is 15.8. The molecule has 7 heteroatoms. The molecule has 126 valence electrons. The van der Waals surface area contributed by atoms with Gasteiger partial charge in [-0.2, -0.15) is 0 Å². The van der Waals surface area contributed by atoms with Gasteiger partial charge in [0.1, 0.15) is 4.21 Å². The van der Waals surface area contributed by atoms with E-state index in [1.165, 1.54) is 11.3 Å². The lowest BCUT2D eigenvalue weighted by atomic mass is 9.94. The average molecular weight is 362 g/mol. The van der Waals surface area contributed by atoms with Crippen molar-refractivity contribution in [1.29, 1.82) is 0 Å². The van der Waals surface area contributed by atoms with Crippen molar-refractivity contribution in [2.75, 3.05) is 7.05 Å². The molecule has 1 aliphatic heterocycles. The molecule has 1 aromatic carbocycles. The first-order valence-electron chi connectivity index (χ1n) is 7.95. The largest absolute Gasteiger partial charge is 0.337 e. The summed E-state index contributed by atoms with van der Waals surface area (Å²) in [6, 6.07) is 9.28. The molecule has 1 aliphatic carbocycles. The van der Waals surface area contributed by atoms with Crippen LogP contribution in [-0.2, 0) is 16.6 Å². The number of thiophene rings is 1. The van der Waals surface area contributed by atoms with Crippen LogP contribution >= 0.6 is 11.3 Å². The molecule has 0 atom stereocenters. The second kappa shape index (κ2) is 5.68. The summed E-state index contributed by atoms with van der Waals surface area (Å²) in [5.74, 6) is 0.0377. The molecule has 2 aromatic rings. The highest BCUT2D eigenvalue weighted by Gasteiger charge is 2.27. The molecule has 0 saturated heterocycles. The second-order valence-corrected chi connectivity index (χ2v) is 9.43. The quantitative estimate of drug-likeness (QED) is 0.909. The maximum absolute atomic E-state index is 12.4. The van der Waals surface area contributed by atoms with Crippen LogP contribution in [0.5, 0.6) is 0 Å². The van der Waals surface area contributed by atoms with Crippen LogP contribution < -0.4 is 4.72 Å². The first-order valence-corrected chi connectivity index (χ1v) is 10.2. The molecule has 1 saturated carbocycles. The Morgan fingerprint density at radius 1 is 1.21 bits per heavy atom. The first-order chi connectivity index (χ1) is 11.4. The topological polar surface area (TPSA) is 66.5 Å². The highest BCUT2D eigenvalue weighted by molar-refractivity contribution is 7.91. The van der Waals surface area contributed by atoms with E-state index in [9.17, 15) is 13.2 Å². The minimum atomic E-state index is -3.43. The Balaban J connectivity index is 1.61. The van der Waals surface area contributed by atoms with E-state index in [1.807, 2.05) is 24.3 Å². The van der Waals surface area contributed by atoms with Crippen molar-refractivity contribution in [1.82, 2.24) is 9.62 Å². The molecular formula is C17H18N2O3S2. The van der Waals surface area contributed by atoms with Crippen molar-refractivity contribution >= 4 is 27.3 Å². The molecule has 1 amide bonds. The van der Waals surface area contributed by atoms with E-state index in [0.29, 0.717) is 10.8 Å². The number of amides is 1. The highest BCUT2D eigenvalue weighted by atomic mass is 32.2. The molecule has 0 unspecified atom stereocenters. The monoisotopic (exact) mass is 362 g/mol. The maximum atomic E-state index is 12.4. The third-order valence-corrected chi connectivity index (χ3v) is 7.79. The van der Waals surface area contributed by atoms with Gasteiger partial charge in [0.05, 0.1) is 0 Å². The number of nitrogens with one attached hydrogen (secondary N) is 1. The van der Waals surface area contributed by atoms with Gasteiger partial charge >= 0.3 is 0 Å². The van der Waals surface area contributed by atoms with Crippen LogP contribution in [0.15, 0.2) is 34.5 Å². The zero-order valence-corrected chi connectivity index (χ0v) is 14.9. The van der Waals surface area contributed by atoms with E-state index in [-0.39, 0.29) is 11.9 Å². The molecule has 0 bridgehead atoms. The van der Waals surface area contributed by atoms with Crippen molar-refractivity contribution in [3.05, 3.63) is 41.5 Å². The molecule has 1 aromatic heterocycles. The van der Waals surface area contributed by atoms with Gasteiger partial charge in [-0.15, -0.1) is 11.3 Å². The fourth-order valence-corrected chi connectivity index (χ4v) is 5.67. The van der Waals surface area contributed by atoms with Crippen molar-refractivity contribution in [2.45, 2.75) is 36.1 Å². The fourth-order valence-electron chi connectivity index (χ4n) is 3.04. The van der Waals surface area contributed by atoms with Gasteiger partial charge < -0.3 is 4.90 Å². The van der Waals surface area contributed by atoms with Gasteiger partial charge in [0.2, 0.25) is 10.0 Å². The molecule has 1 N–H and O–H groups in total. The molecular weight excluding hydrogens is 344 g/mol. The molecule has 0 radical (unpaired) electrons. The van der Waals surface area contributed by atoms with E-state index in [0.717, 1.165) is 40.8 Å². The minimum Gasteiger partial charge on any atom is -0.337 e. The van der Waals surface area contributed by atoms with Gasteiger partial charge in [0.25, 0.3) is 5.91 Å². The van der Waals surface area contributed by atoms with E-state index in [4.69, 9.17) is 0 Å². The van der Waals surface area contributed by atoms with Gasteiger partial charge in [-0.3, -0.25) is 4.79 Å². The molecule has 5 nitrogen and oxygen atoms in total. The Hall–Kier alpha value is -1.70. The minimum absolute atomic E-state index is 0.0377. The van der Waals surface area contributed by atoms with E-state index in [2.05, 4.69) is 4.72 Å². The molecule has 1 fully saturated rings. The van der Waals surface area contributed by atoms with Crippen LogP contribution in [0.1, 0.15) is 35.2 Å². The zero-order chi connectivity index (χ0) is 16.9. The van der Waals surface area contributed by atoms with Crippen molar-refractivity contribution in [2.24, 2.45) is 0 Å². The number of fused-ring (bicyclic) bond motifs is 1. The standard InChI is InChI=1S/C17H18N2O3S2/c1-19-10-12-9-11(5-6-14(12)17(19)20)15-7-8-16(23-15)24(21,22)18-13-3-2-4-13/h5-9,13,18H,2-4,10H2,1H3. The zero-order valence-electron chi connectivity index (χ0n) is 13.3. The fraction of sp³-hybridized carbons (Fsp3) is 0.353. The lowest BCUT2D eigenvalue weighted by Crippen LogP contribution is -2.39. The highest BCUT2D eigenvalue weighted by Crippen LogP contribution is 2.34. The van der Waals surface area contributed by atoms with Gasteiger partial charge in [-0.1, -0.05) is 12.5 Å². The lowest BCUT2D eigenvalue weighted by molar-refractivity contribution is 0.0816. The van der Waals surface area contributed by atoms with Gasteiger partial charge in [-0.25, -0.2) is 13.1 Å². The van der Waals surface area contributed by atoms with Crippen LogP contribution in [0.3, 0.4) is 0 Å². The van der Waals surface area contributed by atoms with Crippen molar-refractivity contribution in [3.8, 4) is 10.4 Å². The van der Waals surface area contributed by atoms with Crippen LogP contribution in [0, 0.1) is 0 Å². The van der Waals surface area contributed by atoms with Gasteiger partial charge in [0.15, 0.2) is 0 Å². The van der Waals surface area contributed by atoms with E-state index >= 15 is 0 Å². The molecule has 0 spiro atoms. The summed E-state index contributed by atoms with van der Waals surface area (Å²) in [4.78, 5) is 14.5. The summed E-state index contributed by atoms with van der Waals surface area (Å²) in [6.07, 6.45) is 2.93. The summed E-state index contributed by atoms with van der Waals surface area (Å²) < 4.78 is 27.9. The number of nitrogens with zero attached hydrogens (tertiary/aromatic N) is 1. The van der Waals surface area contributed by atoms with Crippen LogP contribution in [0.4, 0.5) is 0 Å². The second-order valence-electron chi connectivity index (χ2n) is 6.40. The number of hydrogen-bond acceptors (Lipinski definition) is 4.